The smallest absolute Gasteiger partial charge is 0.321 e. The van der Waals surface area contributed by atoms with E-state index in [1.807, 2.05) is 23.1 Å². The molecule has 2 heterocycles. The molecule has 2 amide bonds. The van der Waals surface area contributed by atoms with Gasteiger partial charge >= 0.3 is 6.03 Å². The number of piperidine rings is 1. The normalized spacial score (nSPS) is 18.5. The molecule has 5 heteroatoms. The molecule has 0 aliphatic carbocycles. The predicted octanol–water partition coefficient (Wildman–Crippen LogP) is 2.80. The van der Waals surface area contributed by atoms with Gasteiger partial charge in [0.25, 0.3) is 5.56 Å². The first kappa shape index (κ1) is 14.6. The molecule has 22 heavy (non-hydrogen) atoms. The van der Waals surface area contributed by atoms with E-state index in [2.05, 4.69) is 12.2 Å². The van der Waals surface area contributed by atoms with Gasteiger partial charge in [-0.15, -0.1) is 0 Å². The molecule has 0 radical (unpaired) electrons. The van der Waals surface area contributed by atoms with Crippen LogP contribution >= 0.6 is 0 Å². The molecule has 1 aromatic carbocycles. The second kappa shape index (κ2) is 5.83. The van der Waals surface area contributed by atoms with E-state index < -0.39 is 0 Å². The van der Waals surface area contributed by atoms with Gasteiger partial charge in [0.05, 0.1) is 5.69 Å². The average Bonchev–Trinajstić information content (AvgIpc) is 2.52. The van der Waals surface area contributed by atoms with E-state index in [4.69, 9.17) is 0 Å². The number of aromatic nitrogens is 1. The number of pyridine rings is 1. The Kier molecular flexibility index (Phi) is 3.88. The van der Waals surface area contributed by atoms with Crippen LogP contribution in [-0.2, 0) is 7.05 Å². The molecule has 1 fully saturated rings. The molecule has 1 aromatic heterocycles. The van der Waals surface area contributed by atoms with Crippen molar-refractivity contribution in [2.75, 3.05) is 18.4 Å². The van der Waals surface area contributed by atoms with Crippen LogP contribution in [0, 0.1) is 5.92 Å². The molecular weight excluding hydrogens is 278 g/mol. The van der Waals surface area contributed by atoms with Gasteiger partial charge in [0.2, 0.25) is 0 Å². The van der Waals surface area contributed by atoms with Gasteiger partial charge in [-0.3, -0.25) is 4.79 Å². The summed E-state index contributed by atoms with van der Waals surface area (Å²) in [5.74, 6) is 0.538. The fourth-order valence-corrected chi connectivity index (χ4v) is 3.08. The van der Waals surface area contributed by atoms with E-state index in [0.717, 1.165) is 24.9 Å². The third kappa shape index (κ3) is 2.71. The lowest BCUT2D eigenvalue weighted by Crippen LogP contribution is -2.41. The number of nitrogens with zero attached hydrogens (tertiary/aromatic N) is 2. The number of nitrogens with one attached hydrogen (secondary N) is 1. The molecular formula is C17H21N3O2. The van der Waals surface area contributed by atoms with Crippen molar-refractivity contribution in [3.63, 3.8) is 0 Å². The molecule has 1 aliphatic rings. The van der Waals surface area contributed by atoms with Crippen LogP contribution in [0.2, 0.25) is 0 Å². The Morgan fingerprint density at radius 1 is 1.27 bits per heavy atom. The summed E-state index contributed by atoms with van der Waals surface area (Å²) in [6.45, 7) is 3.75. The van der Waals surface area contributed by atoms with Crippen LogP contribution in [-0.4, -0.2) is 28.6 Å². The van der Waals surface area contributed by atoms with Crippen LogP contribution in [0.4, 0.5) is 10.5 Å². The summed E-state index contributed by atoms with van der Waals surface area (Å²) in [4.78, 5) is 26.5. The lowest BCUT2D eigenvalue weighted by atomic mass is 10.0. The molecule has 0 spiro atoms. The van der Waals surface area contributed by atoms with E-state index in [-0.39, 0.29) is 11.6 Å². The molecule has 2 aromatic rings. The van der Waals surface area contributed by atoms with E-state index in [1.165, 1.54) is 11.0 Å². The monoisotopic (exact) mass is 299 g/mol. The Bertz CT molecular complexity index is 766. The first-order valence-electron chi connectivity index (χ1n) is 7.70. The zero-order valence-corrected chi connectivity index (χ0v) is 13.0. The van der Waals surface area contributed by atoms with Gasteiger partial charge in [-0.25, -0.2) is 4.79 Å². The van der Waals surface area contributed by atoms with Crippen molar-refractivity contribution in [1.29, 1.82) is 0 Å². The Morgan fingerprint density at radius 3 is 2.73 bits per heavy atom. The van der Waals surface area contributed by atoms with E-state index in [0.29, 0.717) is 17.0 Å². The number of anilines is 1. The average molecular weight is 299 g/mol. The maximum absolute atomic E-state index is 12.5. The maximum Gasteiger partial charge on any atom is 0.321 e. The van der Waals surface area contributed by atoms with Crippen LogP contribution < -0.4 is 10.9 Å². The molecule has 1 unspecified atom stereocenters. The number of urea groups is 1. The highest BCUT2D eigenvalue weighted by Crippen LogP contribution is 2.22. The summed E-state index contributed by atoms with van der Waals surface area (Å²) in [6.07, 6.45) is 3.91. The third-order valence-corrected chi connectivity index (χ3v) is 4.28. The predicted molar refractivity (Wildman–Crippen MR) is 88.2 cm³/mol. The van der Waals surface area contributed by atoms with Crippen molar-refractivity contribution in [3.8, 4) is 0 Å². The van der Waals surface area contributed by atoms with Crippen molar-refractivity contribution < 1.29 is 4.79 Å². The van der Waals surface area contributed by atoms with Gasteiger partial charge in [0.15, 0.2) is 0 Å². The van der Waals surface area contributed by atoms with Gasteiger partial charge in [-0.2, -0.15) is 0 Å². The summed E-state index contributed by atoms with van der Waals surface area (Å²) in [5, 5.41) is 4.37. The third-order valence-electron chi connectivity index (χ3n) is 4.28. The number of carbonyl (C=O) groups is 1. The summed E-state index contributed by atoms with van der Waals surface area (Å²) in [6, 6.07) is 7.28. The maximum atomic E-state index is 12.5. The van der Waals surface area contributed by atoms with Gasteiger partial charge in [0, 0.05) is 37.1 Å². The van der Waals surface area contributed by atoms with Gasteiger partial charge in [-0.05, 0) is 24.8 Å². The Labute approximate surface area is 129 Å². The number of aryl methyl sites for hydroxylation is 1. The van der Waals surface area contributed by atoms with Gasteiger partial charge in [0.1, 0.15) is 0 Å². The minimum Gasteiger partial charge on any atom is -0.324 e. The zero-order valence-electron chi connectivity index (χ0n) is 13.0. The van der Waals surface area contributed by atoms with Gasteiger partial charge in [-0.1, -0.05) is 25.1 Å². The van der Waals surface area contributed by atoms with Crippen molar-refractivity contribution in [2.45, 2.75) is 19.8 Å². The Balaban J connectivity index is 1.92. The second-order valence-electron chi connectivity index (χ2n) is 6.13. The molecule has 5 nitrogen and oxygen atoms in total. The molecule has 1 aliphatic heterocycles. The molecule has 1 atom stereocenters. The standard InChI is InChI=1S/C17H21N3O2/c1-12-6-5-9-20(10-12)17(22)18-15-11-19(2)16(21)14-8-4-3-7-13(14)15/h3-4,7-8,11-12H,5-6,9-10H2,1-2H3,(H,18,22). The number of amides is 2. The van der Waals surface area contributed by atoms with Gasteiger partial charge < -0.3 is 14.8 Å². The molecule has 116 valence electrons. The molecule has 1 saturated heterocycles. The second-order valence-corrected chi connectivity index (χ2v) is 6.13. The van der Waals surface area contributed by atoms with Crippen LogP contribution in [0.1, 0.15) is 19.8 Å². The lowest BCUT2D eigenvalue weighted by Gasteiger charge is -2.31. The number of rotatable bonds is 1. The minimum atomic E-state index is -0.0876. The van der Waals surface area contributed by atoms with Crippen LogP contribution in [0.5, 0.6) is 0 Å². The van der Waals surface area contributed by atoms with E-state index in [1.54, 1.807) is 19.3 Å². The van der Waals surface area contributed by atoms with Crippen molar-refractivity contribution >= 4 is 22.5 Å². The number of benzene rings is 1. The van der Waals surface area contributed by atoms with Crippen molar-refractivity contribution in [1.82, 2.24) is 9.47 Å². The Morgan fingerprint density at radius 2 is 2.00 bits per heavy atom. The highest BCUT2D eigenvalue weighted by Gasteiger charge is 2.21. The van der Waals surface area contributed by atoms with Crippen LogP contribution in [0.25, 0.3) is 10.8 Å². The summed E-state index contributed by atoms with van der Waals surface area (Å²) in [5.41, 5.74) is 0.626. The van der Waals surface area contributed by atoms with Crippen molar-refractivity contribution in [3.05, 3.63) is 40.8 Å². The first-order valence-corrected chi connectivity index (χ1v) is 7.70. The SMILES string of the molecule is CC1CCCN(C(=O)Nc2cn(C)c(=O)c3ccccc23)C1. The zero-order chi connectivity index (χ0) is 15.7. The number of hydrogen-bond acceptors (Lipinski definition) is 2. The Hall–Kier alpha value is -2.30. The van der Waals surface area contributed by atoms with Crippen molar-refractivity contribution in [2.24, 2.45) is 13.0 Å². The van der Waals surface area contributed by atoms with E-state index >= 15 is 0 Å². The molecule has 0 saturated carbocycles. The minimum absolute atomic E-state index is 0.0554. The summed E-state index contributed by atoms with van der Waals surface area (Å²) in [7, 11) is 1.70. The number of fused-ring (bicyclic) bond motifs is 1. The summed E-state index contributed by atoms with van der Waals surface area (Å²) >= 11 is 0. The quantitative estimate of drug-likeness (QED) is 0.880. The lowest BCUT2D eigenvalue weighted by molar-refractivity contribution is 0.182. The number of hydrogen-bond donors (Lipinski definition) is 1. The molecule has 3 rings (SSSR count). The fraction of sp³-hybridized carbons (Fsp3) is 0.412. The number of likely N-dealkylation sites (tertiary alicyclic amines) is 1. The number of carbonyl (C=O) groups excluding carboxylic acids is 1. The largest absolute Gasteiger partial charge is 0.324 e. The highest BCUT2D eigenvalue weighted by molar-refractivity contribution is 6.00. The molecule has 0 bridgehead atoms. The first-order chi connectivity index (χ1) is 10.6. The summed E-state index contributed by atoms with van der Waals surface area (Å²) < 4.78 is 1.51. The van der Waals surface area contributed by atoms with Crippen LogP contribution in [0.15, 0.2) is 35.3 Å². The fourth-order valence-electron chi connectivity index (χ4n) is 3.08. The topological polar surface area (TPSA) is 54.3 Å². The molecule has 1 N–H and O–H groups in total. The van der Waals surface area contributed by atoms with Crippen LogP contribution in [0.3, 0.4) is 0 Å². The highest BCUT2D eigenvalue weighted by atomic mass is 16.2. The van der Waals surface area contributed by atoms with E-state index in [9.17, 15) is 9.59 Å².